The smallest absolute Gasteiger partial charge is 0.203 e. The van der Waals surface area contributed by atoms with Crippen LogP contribution in [0.25, 0.3) is 0 Å². The van der Waals surface area contributed by atoms with Crippen LogP contribution in [0.1, 0.15) is 26.3 Å². The van der Waals surface area contributed by atoms with Crippen LogP contribution < -0.4 is 24.8 Å². The van der Waals surface area contributed by atoms with E-state index >= 15 is 0 Å². The number of nitrogens with zero attached hydrogens (tertiary/aromatic N) is 1. The Hall–Kier alpha value is -2.11. The van der Waals surface area contributed by atoms with E-state index in [-0.39, 0.29) is 0 Å². The fourth-order valence-electron chi connectivity index (χ4n) is 1.99. The first-order valence-corrected chi connectivity index (χ1v) is 7.39. The summed E-state index contributed by atoms with van der Waals surface area (Å²) in [5, 5.41) is 6.50. The third-order valence-corrected chi connectivity index (χ3v) is 2.91. The summed E-state index contributed by atoms with van der Waals surface area (Å²) in [7, 11) is 4.80. The minimum absolute atomic E-state index is 0.317. The van der Waals surface area contributed by atoms with Gasteiger partial charge in [-0.25, -0.2) is 4.99 Å². The average Bonchev–Trinajstić information content (AvgIpc) is 2.51. The second kappa shape index (κ2) is 9.02. The van der Waals surface area contributed by atoms with Gasteiger partial charge in [0.1, 0.15) is 0 Å². The van der Waals surface area contributed by atoms with Crippen LogP contribution in [0.2, 0.25) is 0 Å². The number of hydrogen-bond acceptors (Lipinski definition) is 4. The molecule has 0 aliphatic carbocycles. The lowest BCUT2D eigenvalue weighted by molar-refractivity contribution is 0.324. The van der Waals surface area contributed by atoms with Crippen molar-refractivity contribution >= 4 is 5.96 Å². The maximum Gasteiger partial charge on any atom is 0.203 e. The van der Waals surface area contributed by atoms with Crippen LogP contribution in [-0.2, 0) is 6.54 Å². The van der Waals surface area contributed by atoms with E-state index in [1.54, 1.807) is 21.3 Å². The van der Waals surface area contributed by atoms with Gasteiger partial charge in [-0.05, 0) is 38.5 Å². The van der Waals surface area contributed by atoms with Crippen LogP contribution >= 0.6 is 0 Å². The maximum atomic E-state index is 5.35. The third-order valence-electron chi connectivity index (χ3n) is 2.91. The van der Waals surface area contributed by atoms with Gasteiger partial charge in [-0.1, -0.05) is 0 Å². The van der Waals surface area contributed by atoms with Crippen molar-refractivity contribution in [1.29, 1.82) is 0 Å². The second-order valence-corrected chi connectivity index (χ2v) is 5.03. The van der Waals surface area contributed by atoms with Crippen molar-refractivity contribution < 1.29 is 14.2 Å². The minimum atomic E-state index is 0.317. The molecule has 2 N–H and O–H groups in total. The molecule has 0 bridgehead atoms. The van der Waals surface area contributed by atoms with Crippen molar-refractivity contribution in [2.75, 3.05) is 27.9 Å². The van der Waals surface area contributed by atoms with Crippen molar-refractivity contribution in [2.24, 2.45) is 4.99 Å². The number of methoxy groups -OCH3 is 3. The maximum absolute atomic E-state index is 5.35. The Morgan fingerprint density at radius 1 is 1.09 bits per heavy atom. The van der Waals surface area contributed by atoms with Gasteiger partial charge in [0.2, 0.25) is 5.75 Å². The molecule has 0 spiro atoms. The molecule has 0 unspecified atom stereocenters. The zero-order valence-corrected chi connectivity index (χ0v) is 14.3. The molecule has 0 radical (unpaired) electrons. The molecule has 0 fully saturated rings. The van der Waals surface area contributed by atoms with Crippen molar-refractivity contribution in [3.8, 4) is 17.2 Å². The van der Waals surface area contributed by atoms with Crippen molar-refractivity contribution in [3.05, 3.63) is 17.7 Å². The zero-order valence-electron chi connectivity index (χ0n) is 14.3. The molecule has 0 aromatic heterocycles. The molecule has 6 nitrogen and oxygen atoms in total. The highest BCUT2D eigenvalue weighted by molar-refractivity contribution is 5.80. The number of aliphatic imine (C=N–C) groups is 1. The molecular weight excluding hydrogens is 282 g/mol. The number of ether oxygens (including phenoxy) is 3. The number of benzene rings is 1. The number of guanidine groups is 1. The third kappa shape index (κ3) is 5.02. The van der Waals surface area contributed by atoms with Gasteiger partial charge in [0.15, 0.2) is 17.5 Å². The first-order valence-electron chi connectivity index (χ1n) is 7.39. The van der Waals surface area contributed by atoms with Crippen LogP contribution in [0.4, 0.5) is 0 Å². The topological polar surface area (TPSA) is 64.1 Å². The van der Waals surface area contributed by atoms with Crippen LogP contribution in [0, 0.1) is 0 Å². The molecule has 0 saturated heterocycles. The second-order valence-electron chi connectivity index (χ2n) is 5.03. The Morgan fingerprint density at radius 3 is 2.09 bits per heavy atom. The normalized spacial score (nSPS) is 11.3. The van der Waals surface area contributed by atoms with Gasteiger partial charge in [0.25, 0.3) is 0 Å². The SMILES string of the molecule is CCNC(=NCc1cc(OC)c(OC)c(OC)c1)NC(C)C. The standard InChI is InChI=1S/C16H27N3O3/c1-7-17-16(19-11(2)3)18-10-12-8-13(20-4)15(22-6)14(9-12)21-5/h8-9,11H,7,10H2,1-6H3,(H2,17,18,19). The van der Waals surface area contributed by atoms with E-state index in [4.69, 9.17) is 14.2 Å². The number of hydrogen-bond donors (Lipinski definition) is 2. The molecule has 0 saturated carbocycles. The van der Waals surface area contributed by atoms with E-state index in [1.165, 1.54) is 0 Å². The average molecular weight is 309 g/mol. The van der Waals surface area contributed by atoms with Gasteiger partial charge in [-0.2, -0.15) is 0 Å². The van der Waals surface area contributed by atoms with E-state index in [9.17, 15) is 0 Å². The lowest BCUT2D eigenvalue weighted by Gasteiger charge is -2.15. The fourth-order valence-corrected chi connectivity index (χ4v) is 1.99. The molecule has 22 heavy (non-hydrogen) atoms. The van der Waals surface area contributed by atoms with Gasteiger partial charge >= 0.3 is 0 Å². The molecule has 1 aromatic carbocycles. The highest BCUT2D eigenvalue weighted by Gasteiger charge is 2.13. The first kappa shape index (κ1) is 17.9. The van der Waals surface area contributed by atoms with Gasteiger partial charge in [-0.15, -0.1) is 0 Å². The highest BCUT2D eigenvalue weighted by atomic mass is 16.5. The number of nitrogens with one attached hydrogen (secondary N) is 2. The Labute approximate surface area is 132 Å². The summed E-state index contributed by atoms with van der Waals surface area (Å²) in [5.74, 6) is 2.64. The van der Waals surface area contributed by atoms with E-state index < -0.39 is 0 Å². The van der Waals surface area contributed by atoms with E-state index in [2.05, 4.69) is 29.5 Å². The Bertz CT molecular complexity index is 476. The largest absolute Gasteiger partial charge is 0.493 e. The summed E-state index contributed by atoms with van der Waals surface area (Å²) in [6.07, 6.45) is 0. The minimum Gasteiger partial charge on any atom is -0.493 e. The number of rotatable bonds is 7. The molecule has 1 aromatic rings. The highest BCUT2D eigenvalue weighted by Crippen LogP contribution is 2.38. The van der Waals surface area contributed by atoms with E-state index in [1.807, 2.05) is 19.1 Å². The lowest BCUT2D eigenvalue weighted by atomic mass is 10.2. The molecule has 0 aliphatic rings. The predicted octanol–water partition coefficient (Wildman–Crippen LogP) is 2.18. The summed E-state index contributed by atoms with van der Waals surface area (Å²) < 4.78 is 16.0. The molecule has 0 amide bonds. The summed E-state index contributed by atoms with van der Waals surface area (Å²) in [6.45, 7) is 7.52. The van der Waals surface area contributed by atoms with Crippen molar-refractivity contribution in [2.45, 2.75) is 33.4 Å². The van der Waals surface area contributed by atoms with E-state index in [0.29, 0.717) is 29.8 Å². The lowest BCUT2D eigenvalue weighted by Crippen LogP contribution is -2.40. The van der Waals surface area contributed by atoms with Crippen LogP contribution in [0.3, 0.4) is 0 Å². The van der Waals surface area contributed by atoms with Crippen LogP contribution in [0.15, 0.2) is 17.1 Å². The molecular formula is C16H27N3O3. The molecule has 1 rings (SSSR count). The van der Waals surface area contributed by atoms with E-state index in [0.717, 1.165) is 18.1 Å². The fraction of sp³-hybridized carbons (Fsp3) is 0.562. The van der Waals surface area contributed by atoms with Crippen LogP contribution in [0.5, 0.6) is 17.2 Å². The molecule has 6 heteroatoms. The summed E-state index contributed by atoms with van der Waals surface area (Å²) in [6, 6.07) is 4.13. The Morgan fingerprint density at radius 2 is 1.68 bits per heavy atom. The van der Waals surface area contributed by atoms with Gasteiger partial charge in [0, 0.05) is 12.6 Å². The quantitative estimate of drug-likeness (QED) is 0.597. The summed E-state index contributed by atoms with van der Waals surface area (Å²) in [4.78, 5) is 4.57. The summed E-state index contributed by atoms with van der Waals surface area (Å²) in [5.41, 5.74) is 0.982. The first-order chi connectivity index (χ1) is 10.5. The molecule has 0 heterocycles. The Balaban J connectivity index is 3.01. The summed E-state index contributed by atoms with van der Waals surface area (Å²) >= 11 is 0. The monoisotopic (exact) mass is 309 g/mol. The predicted molar refractivity (Wildman–Crippen MR) is 89.2 cm³/mol. The zero-order chi connectivity index (χ0) is 16.5. The Kier molecular flexibility index (Phi) is 7.36. The van der Waals surface area contributed by atoms with Gasteiger partial charge in [-0.3, -0.25) is 0 Å². The van der Waals surface area contributed by atoms with Gasteiger partial charge in [0.05, 0.1) is 27.9 Å². The van der Waals surface area contributed by atoms with Crippen LogP contribution in [-0.4, -0.2) is 39.9 Å². The van der Waals surface area contributed by atoms with Gasteiger partial charge < -0.3 is 24.8 Å². The van der Waals surface area contributed by atoms with Crippen molar-refractivity contribution in [1.82, 2.24) is 10.6 Å². The molecule has 124 valence electrons. The molecule has 0 atom stereocenters. The van der Waals surface area contributed by atoms with Crippen molar-refractivity contribution in [3.63, 3.8) is 0 Å². The molecule has 0 aliphatic heterocycles.